The van der Waals surface area contributed by atoms with Gasteiger partial charge >= 0.3 is 0 Å². The van der Waals surface area contributed by atoms with Gasteiger partial charge in [0.1, 0.15) is 7.05 Å². The van der Waals surface area contributed by atoms with Crippen LogP contribution >= 0.6 is 0 Å². The summed E-state index contributed by atoms with van der Waals surface area (Å²) in [6.45, 7) is 0. The Morgan fingerprint density at radius 1 is 0.613 bits per heavy atom. The van der Waals surface area contributed by atoms with Crippen LogP contribution in [0.25, 0.3) is 33.2 Å². The van der Waals surface area contributed by atoms with E-state index in [9.17, 15) is 0 Å². The van der Waals surface area contributed by atoms with Crippen LogP contribution in [0.4, 0.5) is 0 Å². The minimum Gasteiger partial charge on any atom is -0.493 e. The first-order valence-corrected chi connectivity index (χ1v) is 9.97. The maximum Gasteiger partial charge on any atom is 0.216 e. The van der Waals surface area contributed by atoms with E-state index < -0.39 is 0 Å². The molecule has 1 aromatic heterocycles. The molecule has 0 unspecified atom stereocenters. The van der Waals surface area contributed by atoms with Crippen LogP contribution in [-0.2, 0) is 7.05 Å². The van der Waals surface area contributed by atoms with Crippen molar-refractivity contribution in [3.8, 4) is 45.3 Å². The molecule has 1 heterocycles. The van der Waals surface area contributed by atoms with Crippen LogP contribution in [0, 0.1) is 0 Å². The lowest BCUT2D eigenvalue weighted by atomic mass is 9.96. The van der Waals surface area contributed by atoms with Crippen LogP contribution in [0.1, 0.15) is 0 Å². The number of aryl methyl sites for hydroxylation is 1. The number of hydrogen-bond donors (Lipinski definition) is 0. The largest absolute Gasteiger partial charge is 0.493 e. The van der Waals surface area contributed by atoms with Gasteiger partial charge in [0.25, 0.3) is 0 Å². The summed E-state index contributed by atoms with van der Waals surface area (Å²) in [4.78, 5) is 0. The fraction of sp³-hybridized carbons (Fsp3) is 0.192. The number of nitrogens with zero attached hydrogens (tertiary/aromatic N) is 1. The van der Waals surface area contributed by atoms with Crippen molar-refractivity contribution in [3.63, 3.8) is 0 Å². The Bertz CT molecular complexity index is 1240. The molecule has 0 spiro atoms. The van der Waals surface area contributed by atoms with Crippen molar-refractivity contribution >= 4 is 10.9 Å². The first-order chi connectivity index (χ1) is 15.1. The third-order valence-electron chi connectivity index (χ3n) is 5.48. The number of benzene rings is 3. The molecule has 0 radical (unpaired) electrons. The molecule has 0 saturated heterocycles. The van der Waals surface area contributed by atoms with Crippen molar-refractivity contribution in [2.75, 3.05) is 28.4 Å². The molecule has 0 aliphatic heterocycles. The number of hydrogen-bond acceptors (Lipinski definition) is 4. The molecule has 3 aromatic carbocycles. The second-order valence-electron chi connectivity index (χ2n) is 7.20. The highest BCUT2D eigenvalue weighted by Crippen LogP contribution is 2.44. The summed E-state index contributed by atoms with van der Waals surface area (Å²) in [5, 5.41) is 1.07. The van der Waals surface area contributed by atoms with Crippen molar-refractivity contribution in [3.05, 3.63) is 66.9 Å². The zero-order valence-electron chi connectivity index (χ0n) is 18.4. The number of pyridine rings is 1. The van der Waals surface area contributed by atoms with Gasteiger partial charge in [-0.2, -0.15) is 0 Å². The highest BCUT2D eigenvalue weighted by Gasteiger charge is 2.22. The topological polar surface area (TPSA) is 40.8 Å². The highest BCUT2D eigenvalue weighted by molar-refractivity contribution is 6.00. The summed E-state index contributed by atoms with van der Waals surface area (Å²) in [5.74, 6) is 2.81. The molecule has 0 amide bonds. The van der Waals surface area contributed by atoms with Gasteiger partial charge in [0.2, 0.25) is 5.52 Å². The van der Waals surface area contributed by atoms with Crippen LogP contribution in [0.15, 0.2) is 66.9 Å². The van der Waals surface area contributed by atoms with Crippen LogP contribution in [-0.4, -0.2) is 28.4 Å². The van der Waals surface area contributed by atoms with Gasteiger partial charge in [-0.05, 0) is 29.3 Å². The molecule has 0 aliphatic carbocycles. The molecule has 0 saturated carbocycles. The van der Waals surface area contributed by atoms with Gasteiger partial charge in [-0.25, -0.2) is 4.57 Å². The first-order valence-electron chi connectivity index (χ1n) is 9.97. The third kappa shape index (κ3) is 3.63. The van der Waals surface area contributed by atoms with E-state index >= 15 is 0 Å². The number of fused-ring (bicyclic) bond motifs is 1. The smallest absolute Gasteiger partial charge is 0.216 e. The van der Waals surface area contributed by atoms with E-state index in [1.54, 1.807) is 28.4 Å². The molecule has 0 aliphatic rings. The number of aromatic nitrogens is 1. The summed E-state index contributed by atoms with van der Waals surface area (Å²) < 4.78 is 24.5. The fourth-order valence-corrected chi connectivity index (χ4v) is 3.97. The SMILES string of the molecule is COc1ccc(-c2cc3c(-c4ccccc4)c(OC)c(OC)cc3[n+](C)c2)cc1OC. The minimum absolute atomic E-state index is 0.693. The first kappa shape index (κ1) is 20.5. The molecule has 158 valence electrons. The van der Waals surface area contributed by atoms with Gasteiger partial charge in [-0.3, -0.25) is 0 Å². The maximum atomic E-state index is 5.81. The molecule has 4 rings (SSSR count). The Balaban J connectivity index is 2.04. The van der Waals surface area contributed by atoms with Gasteiger partial charge in [0.15, 0.2) is 29.2 Å². The predicted octanol–water partition coefficient (Wildman–Crippen LogP) is 5.03. The zero-order chi connectivity index (χ0) is 22.0. The number of ether oxygens (including phenoxy) is 4. The Labute approximate surface area is 182 Å². The van der Waals surface area contributed by atoms with Gasteiger partial charge in [-0.15, -0.1) is 0 Å². The molecular weight excluding hydrogens is 390 g/mol. The second-order valence-corrected chi connectivity index (χ2v) is 7.20. The van der Waals surface area contributed by atoms with E-state index in [1.165, 1.54) is 0 Å². The predicted molar refractivity (Wildman–Crippen MR) is 122 cm³/mol. The van der Waals surface area contributed by atoms with Crippen molar-refractivity contribution in [1.29, 1.82) is 0 Å². The number of rotatable bonds is 6. The maximum absolute atomic E-state index is 5.81. The van der Waals surface area contributed by atoms with E-state index in [0.29, 0.717) is 23.0 Å². The van der Waals surface area contributed by atoms with Gasteiger partial charge in [0, 0.05) is 11.1 Å². The Kier molecular flexibility index (Phi) is 5.67. The Morgan fingerprint density at radius 2 is 1.32 bits per heavy atom. The van der Waals surface area contributed by atoms with Gasteiger partial charge in [-0.1, -0.05) is 36.4 Å². The molecule has 4 aromatic rings. The minimum atomic E-state index is 0.693. The lowest BCUT2D eigenvalue weighted by Gasteiger charge is -2.16. The highest BCUT2D eigenvalue weighted by atomic mass is 16.5. The zero-order valence-corrected chi connectivity index (χ0v) is 18.4. The van der Waals surface area contributed by atoms with E-state index in [1.807, 2.05) is 49.5 Å². The van der Waals surface area contributed by atoms with Crippen LogP contribution in [0.2, 0.25) is 0 Å². The average Bonchev–Trinajstić information content (AvgIpc) is 2.82. The summed E-state index contributed by atoms with van der Waals surface area (Å²) in [6.07, 6.45) is 2.10. The molecule has 31 heavy (non-hydrogen) atoms. The summed E-state index contributed by atoms with van der Waals surface area (Å²) in [5.41, 5.74) is 5.19. The van der Waals surface area contributed by atoms with E-state index in [0.717, 1.165) is 33.2 Å². The van der Waals surface area contributed by atoms with Crippen LogP contribution in [0.3, 0.4) is 0 Å². The summed E-state index contributed by atoms with van der Waals surface area (Å²) in [7, 11) is 8.66. The van der Waals surface area contributed by atoms with Gasteiger partial charge < -0.3 is 18.9 Å². The van der Waals surface area contributed by atoms with Crippen molar-refractivity contribution in [2.45, 2.75) is 0 Å². The molecule has 0 N–H and O–H groups in total. The van der Waals surface area contributed by atoms with Crippen molar-refractivity contribution in [2.24, 2.45) is 7.05 Å². The third-order valence-corrected chi connectivity index (χ3v) is 5.48. The molecule has 0 fully saturated rings. The Morgan fingerprint density at radius 3 is 1.97 bits per heavy atom. The molecular formula is C26H26NO4+. The second kappa shape index (κ2) is 8.56. The van der Waals surface area contributed by atoms with E-state index in [2.05, 4.69) is 29.0 Å². The average molecular weight is 416 g/mol. The fourth-order valence-electron chi connectivity index (χ4n) is 3.97. The van der Waals surface area contributed by atoms with Crippen molar-refractivity contribution < 1.29 is 23.5 Å². The molecule has 0 bridgehead atoms. The Hall–Kier alpha value is -3.73. The molecule has 5 nitrogen and oxygen atoms in total. The lowest BCUT2D eigenvalue weighted by Crippen LogP contribution is -2.29. The van der Waals surface area contributed by atoms with Gasteiger partial charge in [0.05, 0.1) is 39.9 Å². The summed E-state index contributed by atoms with van der Waals surface area (Å²) in [6, 6.07) is 20.4. The molecule has 5 heteroatoms. The van der Waals surface area contributed by atoms with E-state index in [-0.39, 0.29) is 0 Å². The molecule has 0 atom stereocenters. The van der Waals surface area contributed by atoms with Crippen LogP contribution < -0.4 is 23.5 Å². The monoisotopic (exact) mass is 416 g/mol. The number of methoxy groups -OCH3 is 4. The lowest BCUT2D eigenvalue weighted by molar-refractivity contribution is -0.644. The van der Waals surface area contributed by atoms with Crippen molar-refractivity contribution in [1.82, 2.24) is 0 Å². The van der Waals surface area contributed by atoms with E-state index in [4.69, 9.17) is 18.9 Å². The van der Waals surface area contributed by atoms with Crippen LogP contribution in [0.5, 0.6) is 23.0 Å². The summed E-state index contributed by atoms with van der Waals surface area (Å²) >= 11 is 0. The quantitative estimate of drug-likeness (QED) is 0.413. The normalized spacial score (nSPS) is 10.7. The standard InChI is InChI=1S/C26H26NO4/c1-27-16-19(18-11-12-22(28-2)23(14-18)29-3)13-20-21(27)15-24(30-4)26(31-5)25(20)17-9-7-6-8-10-17/h6-16H,1-5H3/q+1.